The largest absolute Gasteiger partial charge is 0.396 e. The SMILES string of the molecule is NC1CC(CCO)CN(C2CCCC2)C1. The summed E-state index contributed by atoms with van der Waals surface area (Å²) in [6.45, 7) is 2.56. The van der Waals surface area contributed by atoms with E-state index in [0.29, 0.717) is 18.6 Å². The van der Waals surface area contributed by atoms with E-state index in [2.05, 4.69) is 4.90 Å². The van der Waals surface area contributed by atoms with Crippen LogP contribution in [0.2, 0.25) is 0 Å². The van der Waals surface area contributed by atoms with Crippen LogP contribution in [0, 0.1) is 5.92 Å². The number of likely N-dealkylation sites (tertiary alicyclic amines) is 1. The Balaban J connectivity index is 1.87. The van der Waals surface area contributed by atoms with Crippen molar-refractivity contribution in [2.24, 2.45) is 11.7 Å². The van der Waals surface area contributed by atoms with Crippen molar-refractivity contribution in [2.75, 3.05) is 19.7 Å². The van der Waals surface area contributed by atoms with E-state index in [9.17, 15) is 0 Å². The molecule has 0 radical (unpaired) electrons. The van der Waals surface area contributed by atoms with E-state index in [1.807, 2.05) is 0 Å². The topological polar surface area (TPSA) is 49.5 Å². The van der Waals surface area contributed by atoms with Gasteiger partial charge in [-0.1, -0.05) is 12.8 Å². The lowest BCUT2D eigenvalue weighted by Crippen LogP contribution is -2.50. The molecule has 0 aromatic rings. The second-order valence-electron chi connectivity index (χ2n) is 5.27. The molecule has 0 spiro atoms. The summed E-state index contributed by atoms with van der Waals surface area (Å²) in [5, 5.41) is 9.00. The summed E-state index contributed by atoms with van der Waals surface area (Å²) in [7, 11) is 0. The highest BCUT2D eigenvalue weighted by atomic mass is 16.3. The van der Waals surface area contributed by atoms with Crippen molar-refractivity contribution < 1.29 is 5.11 Å². The molecular weight excluding hydrogens is 188 g/mol. The zero-order chi connectivity index (χ0) is 10.7. The van der Waals surface area contributed by atoms with Gasteiger partial charge in [0.1, 0.15) is 0 Å². The number of piperidine rings is 1. The van der Waals surface area contributed by atoms with Crippen molar-refractivity contribution in [1.82, 2.24) is 4.90 Å². The third-order valence-electron chi connectivity index (χ3n) is 3.98. The van der Waals surface area contributed by atoms with Gasteiger partial charge in [-0.05, 0) is 31.6 Å². The molecule has 2 fully saturated rings. The molecule has 2 rings (SSSR count). The van der Waals surface area contributed by atoms with E-state index in [1.54, 1.807) is 0 Å². The number of aliphatic hydroxyl groups is 1. The van der Waals surface area contributed by atoms with Gasteiger partial charge >= 0.3 is 0 Å². The zero-order valence-electron chi connectivity index (χ0n) is 9.57. The van der Waals surface area contributed by atoms with Crippen molar-refractivity contribution in [3.63, 3.8) is 0 Å². The van der Waals surface area contributed by atoms with Crippen LogP contribution in [0.1, 0.15) is 38.5 Å². The molecule has 0 bridgehead atoms. The number of nitrogens with zero attached hydrogens (tertiary/aromatic N) is 1. The first-order valence-electron chi connectivity index (χ1n) is 6.40. The van der Waals surface area contributed by atoms with Crippen LogP contribution >= 0.6 is 0 Å². The van der Waals surface area contributed by atoms with Gasteiger partial charge in [0, 0.05) is 31.8 Å². The maximum atomic E-state index is 9.00. The molecule has 1 saturated heterocycles. The van der Waals surface area contributed by atoms with Gasteiger partial charge in [0.25, 0.3) is 0 Å². The molecule has 1 aliphatic heterocycles. The Bertz CT molecular complexity index is 192. The molecule has 0 aromatic carbocycles. The Kier molecular flexibility index (Phi) is 4.00. The van der Waals surface area contributed by atoms with Gasteiger partial charge in [-0.2, -0.15) is 0 Å². The van der Waals surface area contributed by atoms with Gasteiger partial charge in [0.15, 0.2) is 0 Å². The van der Waals surface area contributed by atoms with Gasteiger partial charge in [-0.15, -0.1) is 0 Å². The number of aliphatic hydroxyl groups excluding tert-OH is 1. The van der Waals surface area contributed by atoms with Crippen LogP contribution in [0.3, 0.4) is 0 Å². The lowest BCUT2D eigenvalue weighted by atomic mass is 9.91. The van der Waals surface area contributed by atoms with Crippen LogP contribution in [0.5, 0.6) is 0 Å². The van der Waals surface area contributed by atoms with Crippen LogP contribution in [-0.4, -0.2) is 41.8 Å². The van der Waals surface area contributed by atoms with Crippen LogP contribution in [0.15, 0.2) is 0 Å². The van der Waals surface area contributed by atoms with Crippen LogP contribution < -0.4 is 5.73 Å². The highest BCUT2D eigenvalue weighted by molar-refractivity contribution is 4.87. The number of nitrogens with two attached hydrogens (primary N) is 1. The molecule has 3 heteroatoms. The second kappa shape index (κ2) is 5.28. The van der Waals surface area contributed by atoms with Gasteiger partial charge in [-0.25, -0.2) is 0 Å². The molecular formula is C12H24N2O. The first kappa shape index (κ1) is 11.4. The summed E-state index contributed by atoms with van der Waals surface area (Å²) in [5.41, 5.74) is 6.09. The zero-order valence-corrected chi connectivity index (χ0v) is 9.57. The normalized spacial score (nSPS) is 34.8. The van der Waals surface area contributed by atoms with Crippen molar-refractivity contribution in [3.05, 3.63) is 0 Å². The van der Waals surface area contributed by atoms with Crippen molar-refractivity contribution in [1.29, 1.82) is 0 Å². The fraction of sp³-hybridized carbons (Fsp3) is 1.00. The molecule has 2 atom stereocenters. The summed E-state index contributed by atoms with van der Waals surface area (Å²) in [4.78, 5) is 2.58. The highest BCUT2D eigenvalue weighted by Gasteiger charge is 2.30. The molecule has 1 heterocycles. The Labute approximate surface area is 92.6 Å². The number of hydrogen-bond acceptors (Lipinski definition) is 3. The third kappa shape index (κ3) is 2.92. The lowest BCUT2D eigenvalue weighted by molar-refractivity contribution is 0.0967. The molecule has 0 amide bonds. The Morgan fingerprint density at radius 1 is 1.20 bits per heavy atom. The molecule has 0 aromatic heterocycles. The lowest BCUT2D eigenvalue weighted by Gasteiger charge is -2.39. The third-order valence-corrected chi connectivity index (χ3v) is 3.98. The monoisotopic (exact) mass is 212 g/mol. The van der Waals surface area contributed by atoms with E-state index in [1.165, 1.54) is 32.2 Å². The molecule has 1 saturated carbocycles. The van der Waals surface area contributed by atoms with Gasteiger partial charge in [0.05, 0.1) is 0 Å². The minimum absolute atomic E-state index is 0.315. The summed E-state index contributed by atoms with van der Waals surface area (Å²) in [5.74, 6) is 0.624. The van der Waals surface area contributed by atoms with Gasteiger partial charge in [0.2, 0.25) is 0 Å². The summed E-state index contributed by atoms with van der Waals surface area (Å²) >= 11 is 0. The van der Waals surface area contributed by atoms with Crippen molar-refractivity contribution in [2.45, 2.75) is 50.6 Å². The maximum Gasteiger partial charge on any atom is 0.0434 e. The van der Waals surface area contributed by atoms with E-state index in [0.717, 1.165) is 25.4 Å². The predicted octanol–water partition coefficient (Wildman–Crippen LogP) is 0.961. The fourth-order valence-electron chi connectivity index (χ4n) is 3.24. The van der Waals surface area contributed by atoms with Crippen LogP contribution in [-0.2, 0) is 0 Å². The van der Waals surface area contributed by atoms with Gasteiger partial charge < -0.3 is 10.8 Å². The summed E-state index contributed by atoms with van der Waals surface area (Å²) in [6, 6.07) is 1.12. The van der Waals surface area contributed by atoms with E-state index < -0.39 is 0 Å². The second-order valence-corrected chi connectivity index (χ2v) is 5.27. The molecule has 3 N–H and O–H groups in total. The van der Waals surface area contributed by atoms with E-state index in [4.69, 9.17) is 10.8 Å². The standard InChI is InChI=1S/C12H24N2O/c13-11-7-10(5-6-15)8-14(9-11)12-3-1-2-4-12/h10-12,15H,1-9,13H2. The summed E-state index contributed by atoms with van der Waals surface area (Å²) in [6.07, 6.45) is 7.53. The van der Waals surface area contributed by atoms with Crippen molar-refractivity contribution >= 4 is 0 Å². The quantitative estimate of drug-likeness (QED) is 0.732. The number of hydrogen-bond donors (Lipinski definition) is 2. The minimum atomic E-state index is 0.315. The summed E-state index contributed by atoms with van der Waals surface area (Å²) < 4.78 is 0. The number of rotatable bonds is 3. The first-order valence-corrected chi connectivity index (χ1v) is 6.40. The Morgan fingerprint density at radius 3 is 2.60 bits per heavy atom. The molecule has 2 aliphatic rings. The molecule has 88 valence electrons. The molecule has 1 aliphatic carbocycles. The fourth-order valence-corrected chi connectivity index (χ4v) is 3.24. The van der Waals surface area contributed by atoms with Crippen LogP contribution in [0.4, 0.5) is 0 Å². The first-order chi connectivity index (χ1) is 7.29. The van der Waals surface area contributed by atoms with E-state index in [-0.39, 0.29) is 0 Å². The molecule has 15 heavy (non-hydrogen) atoms. The van der Waals surface area contributed by atoms with Crippen molar-refractivity contribution in [3.8, 4) is 0 Å². The smallest absolute Gasteiger partial charge is 0.0434 e. The molecule has 2 unspecified atom stereocenters. The highest BCUT2D eigenvalue weighted by Crippen LogP contribution is 2.28. The Hall–Kier alpha value is -0.120. The van der Waals surface area contributed by atoms with E-state index >= 15 is 0 Å². The average molecular weight is 212 g/mol. The van der Waals surface area contributed by atoms with Crippen LogP contribution in [0.25, 0.3) is 0 Å². The average Bonchev–Trinajstić information content (AvgIpc) is 2.70. The minimum Gasteiger partial charge on any atom is -0.396 e. The predicted molar refractivity (Wildman–Crippen MR) is 61.6 cm³/mol. The Morgan fingerprint density at radius 2 is 1.93 bits per heavy atom. The molecule has 3 nitrogen and oxygen atoms in total. The maximum absolute atomic E-state index is 9.00. The van der Waals surface area contributed by atoms with Gasteiger partial charge in [-0.3, -0.25) is 4.90 Å².